The van der Waals surface area contributed by atoms with Crippen molar-refractivity contribution in [2.45, 2.75) is 41.2 Å². The molecule has 0 spiro atoms. The van der Waals surface area contributed by atoms with Gasteiger partial charge in [-0.3, -0.25) is 14.2 Å². The fraction of sp³-hybridized carbons (Fsp3) is 0.292. The molecule has 0 atom stereocenters. The van der Waals surface area contributed by atoms with Crippen LogP contribution < -0.4 is 10.9 Å². The Morgan fingerprint density at radius 2 is 1.91 bits per heavy atom. The summed E-state index contributed by atoms with van der Waals surface area (Å²) in [5.41, 5.74) is 3.10. The van der Waals surface area contributed by atoms with Gasteiger partial charge in [0.05, 0.1) is 18.0 Å². The lowest BCUT2D eigenvalue weighted by Gasteiger charge is -2.12. The third-order valence-electron chi connectivity index (χ3n) is 5.34. The van der Waals surface area contributed by atoms with E-state index in [2.05, 4.69) is 15.4 Å². The van der Waals surface area contributed by atoms with Crippen molar-refractivity contribution in [2.24, 2.45) is 0 Å². The van der Waals surface area contributed by atoms with Crippen molar-refractivity contribution in [2.75, 3.05) is 11.9 Å². The number of aryl methyl sites for hydroxylation is 4. The molecule has 0 fully saturated rings. The van der Waals surface area contributed by atoms with Crippen LogP contribution in [-0.2, 0) is 16.1 Å². The summed E-state index contributed by atoms with van der Waals surface area (Å²) >= 11 is 0. The van der Waals surface area contributed by atoms with Gasteiger partial charge in [-0.1, -0.05) is 12.1 Å². The fourth-order valence-corrected chi connectivity index (χ4v) is 3.76. The minimum Gasteiger partial charge on any atom is -0.462 e. The van der Waals surface area contributed by atoms with Gasteiger partial charge in [0, 0.05) is 6.07 Å². The van der Waals surface area contributed by atoms with E-state index in [-0.39, 0.29) is 35.6 Å². The number of nitrogens with zero attached hydrogens (tertiary/aromatic N) is 4. The lowest BCUT2D eigenvalue weighted by atomic mass is 10.1. The van der Waals surface area contributed by atoms with Crippen molar-refractivity contribution in [3.05, 3.63) is 69.1 Å². The maximum atomic E-state index is 13.1. The highest BCUT2D eigenvalue weighted by Gasteiger charge is 2.24. The summed E-state index contributed by atoms with van der Waals surface area (Å²) in [6.07, 6.45) is 1.22. The number of carbonyl (C=O) groups is 2. The van der Waals surface area contributed by atoms with Crippen LogP contribution >= 0.6 is 0 Å². The highest BCUT2D eigenvalue weighted by atomic mass is 16.5. The summed E-state index contributed by atoms with van der Waals surface area (Å²) in [7, 11) is 0. The van der Waals surface area contributed by atoms with Crippen molar-refractivity contribution in [1.82, 2.24) is 19.3 Å². The summed E-state index contributed by atoms with van der Waals surface area (Å²) in [6, 6.07) is 7.73. The second kappa shape index (κ2) is 8.97. The van der Waals surface area contributed by atoms with Crippen LogP contribution in [0.5, 0.6) is 0 Å². The molecular formula is C24H25N5O5. The molecule has 0 saturated heterocycles. The molecule has 0 aliphatic rings. The lowest BCUT2D eigenvalue weighted by Crippen LogP contribution is -2.29. The zero-order valence-electron chi connectivity index (χ0n) is 19.6. The quantitative estimate of drug-likeness (QED) is 0.436. The molecule has 3 aromatic heterocycles. The van der Waals surface area contributed by atoms with Gasteiger partial charge in [0.15, 0.2) is 0 Å². The van der Waals surface area contributed by atoms with Crippen LogP contribution in [0.4, 0.5) is 5.82 Å². The molecule has 3 heterocycles. The highest BCUT2D eigenvalue weighted by molar-refractivity contribution is 6.03. The molecule has 1 aromatic carbocycles. The van der Waals surface area contributed by atoms with E-state index in [9.17, 15) is 14.4 Å². The molecule has 1 amide bonds. The minimum atomic E-state index is -0.673. The first kappa shape index (κ1) is 23.0. The molecule has 4 rings (SSSR count). The van der Waals surface area contributed by atoms with Crippen molar-refractivity contribution < 1.29 is 18.7 Å². The van der Waals surface area contributed by atoms with E-state index in [1.165, 1.54) is 6.33 Å². The second-order valence-electron chi connectivity index (χ2n) is 8.03. The van der Waals surface area contributed by atoms with Crippen molar-refractivity contribution in [3.8, 4) is 5.69 Å². The Balaban J connectivity index is 1.65. The van der Waals surface area contributed by atoms with E-state index >= 15 is 0 Å². The van der Waals surface area contributed by atoms with Crippen molar-refractivity contribution >= 4 is 28.8 Å². The predicted octanol–water partition coefficient (Wildman–Crippen LogP) is 3.22. The number of furan rings is 1. The zero-order valence-corrected chi connectivity index (χ0v) is 19.6. The average molecular weight is 463 g/mol. The van der Waals surface area contributed by atoms with Gasteiger partial charge in [0.2, 0.25) is 11.6 Å². The van der Waals surface area contributed by atoms with Gasteiger partial charge in [0.25, 0.3) is 5.56 Å². The summed E-state index contributed by atoms with van der Waals surface area (Å²) in [4.78, 5) is 42.4. The molecule has 0 aliphatic carbocycles. The topological polar surface area (TPSA) is 121 Å². The number of esters is 1. The Morgan fingerprint density at radius 1 is 1.15 bits per heavy atom. The largest absolute Gasteiger partial charge is 0.462 e. The van der Waals surface area contributed by atoms with Gasteiger partial charge < -0.3 is 14.5 Å². The van der Waals surface area contributed by atoms with E-state index in [0.29, 0.717) is 5.82 Å². The zero-order chi connectivity index (χ0) is 24.6. The summed E-state index contributed by atoms with van der Waals surface area (Å²) < 4.78 is 13.3. The molecule has 34 heavy (non-hydrogen) atoms. The molecule has 0 radical (unpaired) electrons. The van der Waals surface area contributed by atoms with E-state index < -0.39 is 17.4 Å². The molecule has 10 heteroatoms. The number of nitrogens with one attached hydrogen (secondary N) is 1. The third-order valence-corrected chi connectivity index (χ3v) is 5.34. The van der Waals surface area contributed by atoms with Gasteiger partial charge in [-0.05, 0) is 51.8 Å². The number of rotatable bonds is 6. The number of amides is 1. The van der Waals surface area contributed by atoms with Crippen LogP contribution in [0, 0.1) is 27.7 Å². The lowest BCUT2D eigenvalue weighted by molar-refractivity contribution is -0.116. The molecule has 10 nitrogen and oxygen atoms in total. The molecule has 1 N–H and O–H groups in total. The highest BCUT2D eigenvalue weighted by Crippen LogP contribution is 2.23. The first-order valence-corrected chi connectivity index (χ1v) is 10.8. The first-order chi connectivity index (χ1) is 16.2. The third kappa shape index (κ3) is 4.21. The number of hydrogen-bond donors (Lipinski definition) is 1. The Labute approximate surface area is 195 Å². The van der Waals surface area contributed by atoms with Gasteiger partial charge in [-0.25, -0.2) is 14.5 Å². The number of carbonyl (C=O) groups excluding carboxylic acids is 2. The van der Waals surface area contributed by atoms with Crippen LogP contribution in [0.1, 0.15) is 39.9 Å². The molecule has 4 aromatic rings. The number of ether oxygens (including phenoxy) is 1. The van der Waals surface area contributed by atoms with E-state index in [0.717, 1.165) is 27.1 Å². The average Bonchev–Trinajstić information content (AvgIpc) is 3.31. The number of benzene rings is 1. The van der Waals surface area contributed by atoms with Crippen LogP contribution in [0.3, 0.4) is 0 Å². The van der Waals surface area contributed by atoms with Gasteiger partial charge in [-0.2, -0.15) is 5.10 Å². The predicted molar refractivity (Wildman–Crippen MR) is 125 cm³/mol. The van der Waals surface area contributed by atoms with E-state index in [4.69, 9.17) is 9.15 Å². The summed E-state index contributed by atoms with van der Waals surface area (Å²) in [5, 5.41) is 7.32. The number of aromatic nitrogens is 4. The Bertz CT molecular complexity index is 1480. The summed E-state index contributed by atoms with van der Waals surface area (Å²) in [5.74, 6) is -0.418. The molecule has 176 valence electrons. The van der Waals surface area contributed by atoms with Crippen LogP contribution in [0.25, 0.3) is 16.8 Å². The van der Waals surface area contributed by atoms with Gasteiger partial charge in [0.1, 0.15) is 35.4 Å². The number of hydrogen-bond acceptors (Lipinski definition) is 7. The van der Waals surface area contributed by atoms with E-state index in [1.54, 1.807) is 24.6 Å². The number of fused-ring (bicyclic) bond motifs is 1. The standard InChI is InChI=1S/C24H25N5O5/c1-6-33-24(32)20-16(5)34-22-21(20)23(31)28(12-25-22)11-19(30)26-18-10-15(4)27-29(18)17-9-13(2)7-8-14(17)3/h7-10,12H,6,11H2,1-5H3,(H,26,30). The van der Waals surface area contributed by atoms with Crippen LogP contribution in [-0.4, -0.2) is 37.8 Å². The molecule has 0 saturated carbocycles. The smallest absolute Gasteiger partial charge is 0.342 e. The second-order valence-corrected chi connectivity index (χ2v) is 8.03. The Kier molecular flexibility index (Phi) is 6.06. The Hall–Kier alpha value is -4.21. The maximum absolute atomic E-state index is 13.1. The van der Waals surface area contributed by atoms with Crippen molar-refractivity contribution in [3.63, 3.8) is 0 Å². The SMILES string of the molecule is CCOC(=O)c1c(C)oc2ncn(CC(=O)Nc3cc(C)nn3-c3cc(C)ccc3C)c(=O)c12. The molecular weight excluding hydrogens is 438 g/mol. The maximum Gasteiger partial charge on any atom is 0.342 e. The monoisotopic (exact) mass is 463 g/mol. The van der Waals surface area contributed by atoms with Gasteiger partial charge in [-0.15, -0.1) is 0 Å². The first-order valence-electron chi connectivity index (χ1n) is 10.8. The van der Waals surface area contributed by atoms with Crippen molar-refractivity contribution in [1.29, 1.82) is 0 Å². The Morgan fingerprint density at radius 3 is 2.65 bits per heavy atom. The normalized spacial score (nSPS) is 11.1. The fourth-order valence-electron chi connectivity index (χ4n) is 3.76. The summed E-state index contributed by atoms with van der Waals surface area (Å²) in [6.45, 7) is 8.84. The number of anilines is 1. The minimum absolute atomic E-state index is 0.0116. The van der Waals surface area contributed by atoms with Crippen LogP contribution in [0.15, 0.2) is 39.8 Å². The van der Waals surface area contributed by atoms with E-state index in [1.807, 2.05) is 39.0 Å². The van der Waals surface area contributed by atoms with Crippen LogP contribution in [0.2, 0.25) is 0 Å². The molecule has 0 aliphatic heterocycles. The van der Waals surface area contributed by atoms with Gasteiger partial charge >= 0.3 is 5.97 Å². The molecule has 0 unspecified atom stereocenters. The molecule has 0 bridgehead atoms.